The molecule has 0 bridgehead atoms. The zero-order chi connectivity index (χ0) is 19.6. The molecule has 0 aliphatic carbocycles. The van der Waals surface area contributed by atoms with Crippen molar-refractivity contribution in [1.29, 1.82) is 0 Å². The molecule has 1 atom stereocenters. The van der Waals surface area contributed by atoms with Gasteiger partial charge >= 0.3 is 12.1 Å². The monoisotopic (exact) mass is 368 g/mol. The van der Waals surface area contributed by atoms with E-state index in [1.165, 1.54) is 6.92 Å². The Balaban J connectivity index is 3.06. The van der Waals surface area contributed by atoms with Crippen LogP contribution in [0.4, 0.5) is 4.79 Å². The highest BCUT2D eigenvalue weighted by atomic mass is 16.8. The van der Waals surface area contributed by atoms with Crippen LogP contribution in [0.3, 0.4) is 0 Å². The molecule has 0 fully saturated rings. The summed E-state index contributed by atoms with van der Waals surface area (Å²) in [5, 5.41) is 0. The summed E-state index contributed by atoms with van der Waals surface area (Å²) in [5.41, 5.74) is 0.130. The number of carbonyl (C=O) groups excluding carboxylic acids is 2. The molecular weight excluding hydrogens is 338 g/mol. The van der Waals surface area contributed by atoms with Crippen LogP contribution in [-0.4, -0.2) is 55.8 Å². The van der Waals surface area contributed by atoms with Crippen LogP contribution < -0.4 is 0 Å². The molecule has 1 aromatic carbocycles. The van der Waals surface area contributed by atoms with E-state index >= 15 is 0 Å². The van der Waals surface area contributed by atoms with Crippen LogP contribution in [0.25, 0.3) is 0 Å². The molecule has 1 aromatic rings. The fourth-order valence-corrected chi connectivity index (χ4v) is 2.28. The number of hydroxylamine groups is 3. The van der Waals surface area contributed by atoms with Crippen molar-refractivity contribution in [2.45, 2.75) is 39.8 Å². The first-order valence-corrected chi connectivity index (χ1v) is 8.60. The average molecular weight is 368 g/mol. The second-order valence-electron chi connectivity index (χ2n) is 6.93. The standard InChI is InChI=1S/C19H30NO6/c1-16(21)26-20(11-12-24-14-13-23-5,18(22)25-19(2,3)4)15-17-9-7-6-8-10-17/h6-10H,11-15H2,1-5H3/q+1. The van der Waals surface area contributed by atoms with Crippen LogP contribution in [0.2, 0.25) is 0 Å². The molecule has 0 saturated heterocycles. The van der Waals surface area contributed by atoms with Crippen molar-refractivity contribution in [3.05, 3.63) is 35.9 Å². The lowest BCUT2D eigenvalue weighted by molar-refractivity contribution is -1.04. The summed E-state index contributed by atoms with van der Waals surface area (Å²) >= 11 is 0. The number of methoxy groups -OCH3 is 1. The molecule has 0 spiro atoms. The van der Waals surface area contributed by atoms with Gasteiger partial charge in [0.15, 0.2) is 13.1 Å². The van der Waals surface area contributed by atoms with E-state index in [1.54, 1.807) is 27.9 Å². The lowest BCUT2D eigenvalue weighted by Crippen LogP contribution is -2.56. The molecule has 0 aromatic heterocycles. The molecule has 7 heteroatoms. The number of ether oxygens (including phenoxy) is 3. The van der Waals surface area contributed by atoms with Gasteiger partial charge in [-0.3, -0.25) is 4.84 Å². The van der Waals surface area contributed by atoms with Gasteiger partial charge in [-0.2, -0.15) is 4.79 Å². The first-order valence-electron chi connectivity index (χ1n) is 8.60. The molecule has 0 radical (unpaired) electrons. The summed E-state index contributed by atoms with van der Waals surface area (Å²) in [4.78, 5) is 30.2. The second-order valence-corrected chi connectivity index (χ2v) is 6.93. The van der Waals surface area contributed by atoms with Crippen molar-refractivity contribution in [3.63, 3.8) is 0 Å². The highest BCUT2D eigenvalue weighted by Gasteiger charge is 2.46. The SMILES string of the molecule is COCCOCC[N+](Cc1ccccc1)(OC(C)=O)C(=O)OC(C)(C)C. The lowest BCUT2D eigenvalue weighted by Gasteiger charge is -2.32. The number of rotatable bonds is 8. The van der Waals surface area contributed by atoms with Gasteiger partial charge in [-0.05, 0) is 25.4 Å². The summed E-state index contributed by atoms with van der Waals surface area (Å²) in [7, 11) is 1.58. The summed E-state index contributed by atoms with van der Waals surface area (Å²) in [6.07, 6.45) is -0.633. The van der Waals surface area contributed by atoms with Crippen LogP contribution in [0.1, 0.15) is 33.3 Å². The van der Waals surface area contributed by atoms with Gasteiger partial charge in [0.1, 0.15) is 12.2 Å². The molecule has 0 aliphatic rings. The van der Waals surface area contributed by atoms with E-state index in [1.807, 2.05) is 30.3 Å². The predicted octanol–water partition coefficient (Wildman–Crippen LogP) is 3.08. The number of hydrogen-bond donors (Lipinski definition) is 0. The molecule has 1 amide bonds. The Bertz CT molecular complexity index is 569. The highest BCUT2D eigenvalue weighted by molar-refractivity contribution is 5.67. The first kappa shape index (κ1) is 22.1. The third-order valence-electron chi connectivity index (χ3n) is 3.34. The summed E-state index contributed by atoms with van der Waals surface area (Å²) in [6.45, 7) is 7.91. The van der Waals surface area contributed by atoms with Crippen molar-refractivity contribution >= 4 is 12.1 Å². The minimum atomic E-state index is -0.714. The van der Waals surface area contributed by atoms with Gasteiger partial charge in [0.25, 0.3) is 0 Å². The van der Waals surface area contributed by atoms with E-state index in [0.717, 1.165) is 5.56 Å². The second kappa shape index (κ2) is 10.3. The molecule has 0 N–H and O–H groups in total. The van der Waals surface area contributed by atoms with Crippen molar-refractivity contribution in [3.8, 4) is 0 Å². The Labute approximate surface area is 155 Å². The Morgan fingerprint density at radius 1 is 1.04 bits per heavy atom. The van der Waals surface area contributed by atoms with Gasteiger partial charge in [0, 0.05) is 19.6 Å². The number of quaternary nitrogens is 1. The van der Waals surface area contributed by atoms with Gasteiger partial charge < -0.3 is 14.2 Å². The molecule has 146 valence electrons. The van der Waals surface area contributed by atoms with E-state index in [0.29, 0.717) is 13.2 Å². The average Bonchev–Trinajstić information content (AvgIpc) is 2.53. The van der Waals surface area contributed by atoms with Crippen LogP contribution in [-0.2, 0) is 30.4 Å². The predicted molar refractivity (Wildman–Crippen MR) is 96.0 cm³/mol. The Kier molecular flexibility index (Phi) is 8.71. The van der Waals surface area contributed by atoms with Gasteiger partial charge in [0.05, 0.1) is 13.2 Å². The third-order valence-corrected chi connectivity index (χ3v) is 3.34. The van der Waals surface area contributed by atoms with Crippen LogP contribution in [0.15, 0.2) is 30.3 Å². The first-order chi connectivity index (χ1) is 12.2. The van der Waals surface area contributed by atoms with Crippen molar-refractivity contribution in [1.82, 2.24) is 0 Å². The van der Waals surface area contributed by atoms with Crippen LogP contribution in [0, 0.1) is 0 Å². The van der Waals surface area contributed by atoms with Crippen LogP contribution in [0.5, 0.6) is 0 Å². The third kappa shape index (κ3) is 7.95. The van der Waals surface area contributed by atoms with E-state index < -0.39 is 22.3 Å². The summed E-state index contributed by atoms with van der Waals surface area (Å²) < 4.78 is 15.3. The fraction of sp³-hybridized carbons (Fsp3) is 0.579. The molecule has 1 unspecified atom stereocenters. The van der Waals surface area contributed by atoms with E-state index in [-0.39, 0.29) is 19.7 Å². The molecular formula is C19H30NO6+. The Morgan fingerprint density at radius 3 is 2.23 bits per heavy atom. The highest BCUT2D eigenvalue weighted by Crippen LogP contribution is 2.22. The maximum absolute atomic E-state index is 12.9. The topological polar surface area (TPSA) is 71.1 Å². The Hall–Kier alpha value is -1.96. The summed E-state index contributed by atoms with van der Waals surface area (Å²) in [5.74, 6) is -0.566. The number of hydrogen-bond acceptors (Lipinski definition) is 6. The minimum absolute atomic E-state index is 0.132. The largest absolute Gasteiger partial charge is 0.560 e. The van der Waals surface area contributed by atoms with Gasteiger partial charge in [-0.1, -0.05) is 30.3 Å². The van der Waals surface area contributed by atoms with E-state index in [2.05, 4.69) is 0 Å². The minimum Gasteiger partial charge on any atom is -0.411 e. The lowest BCUT2D eigenvalue weighted by atomic mass is 10.2. The zero-order valence-corrected chi connectivity index (χ0v) is 16.3. The molecule has 1 rings (SSSR count). The van der Waals surface area contributed by atoms with Crippen LogP contribution >= 0.6 is 0 Å². The van der Waals surface area contributed by atoms with E-state index in [4.69, 9.17) is 19.0 Å². The zero-order valence-electron chi connectivity index (χ0n) is 16.3. The smallest absolute Gasteiger partial charge is 0.411 e. The number of carbonyl (C=O) groups is 2. The molecule has 0 heterocycles. The van der Waals surface area contributed by atoms with Gasteiger partial charge in [0.2, 0.25) is 0 Å². The molecule has 7 nitrogen and oxygen atoms in total. The van der Waals surface area contributed by atoms with Gasteiger partial charge in [-0.25, -0.2) is 4.79 Å². The molecule has 0 aliphatic heterocycles. The van der Waals surface area contributed by atoms with Gasteiger partial charge in [-0.15, -0.1) is 0 Å². The normalized spacial score (nSPS) is 13.7. The fourth-order valence-electron chi connectivity index (χ4n) is 2.28. The quantitative estimate of drug-likeness (QED) is 0.399. The summed E-state index contributed by atoms with van der Waals surface area (Å²) in [6, 6.07) is 9.34. The number of amides is 1. The number of benzene rings is 1. The van der Waals surface area contributed by atoms with Crippen molar-refractivity contribution in [2.75, 3.05) is 33.5 Å². The number of nitrogens with zero attached hydrogens (tertiary/aromatic N) is 1. The molecule has 0 saturated carbocycles. The maximum atomic E-state index is 12.9. The maximum Gasteiger partial charge on any atom is 0.560 e. The Morgan fingerprint density at radius 2 is 1.69 bits per heavy atom. The molecule has 26 heavy (non-hydrogen) atoms. The van der Waals surface area contributed by atoms with E-state index in [9.17, 15) is 9.59 Å². The van der Waals surface area contributed by atoms with Crippen molar-refractivity contribution < 1.29 is 33.3 Å². The van der Waals surface area contributed by atoms with Crippen molar-refractivity contribution in [2.24, 2.45) is 0 Å².